The first kappa shape index (κ1) is 35.7. The monoisotopic (exact) mass is 788 g/mol. The van der Waals surface area contributed by atoms with Crippen LogP contribution >= 0.6 is 0 Å². The van der Waals surface area contributed by atoms with E-state index in [1.807, 2.05) is 0 Å². The van der Waals surface area contributed by atoms with Gasteiger partial charge in [0.25, 0.3) is 0 Å². The van der Waals surface area contributed by atoms with Crippen LogP contribution in [0.5, 0.6) is 0 Å². The van der Waals surface area contributed by atoms with Crippen LogP contribution in [0.15, 0.2) is 243 Å². The largest absolute Gasteiger partial charge is 0.309 e. The third kappa shape index (κ3) is 6.12. The lowest BCUT2D eigenvalue weighted by Gasteiger charge is -2.15. The molecule has 2 heteroatoms. The molecule has 0 aliphatic carbocycles. The SMILES string of the molecule is c1ccc(-c2ccc(-c3cc(-c4ccc5c(c4)c4ccccc4n5-c4ccccc4)cc(-n4c5ccc(-c6ccccc6)cc5c5cc(-c6ccccc6)ccc54)c3)cc2)cc1. The molecule has 0 atom stereocenters. The predicted octanol–water partition coefficient (Wildman–Crippen LogP) is 16.2. The number of hydrogen-bond donors (Lipinski definition) is 0. The molecule has 0 bridgehead atoms. The number of para-hydroxylation sites is 2. The van der Waals surface area contributed by atoms with Gasteiger partial charge in [0.1, 0.15) is 0 Å². The Kier molecular flexibility index (Phi) is 8.53. The first-order valence-electron chi connectivity index (χ1n) is 21.3. The molecule has 2 nitrogen and oxygen atoms in total. The maximum absolute atomic E-state index is 2.47. The highest BCUT2D eigenvalue weighted by Crippen LogP contribution is 2.41. The Morgan fingerprint density at radius 2 is 0.500 bits per heavy atom. The van der Waals surface area contributed by atoms with Gasteiger partial charge in [-0.15, -0.1) is 0 Å². The van der Waals surface area contributed by atoms with E-state index in [0.29, 0.717) is 0 Å². The molecular weight excluding hydrogens is 749 g/mol. The third-order valence-corrected chi connectivity index (χ3v) is 12.5. The van der Waals surface area contributed by atoms with Crippen molar-refractivity contribution in [2.24, 2.45) is 0 Å². The summed E-state index contributed by atoms with van der Waals surface area (Å²) in [4.78, 5) is 0. The molecule has 0 fully saturated rings. The first-order chi connectivity index (χ1) is 30.7. The molecule has 10 aromatic carbocycles. The molecule has 0 aliphatic rings. The molecule has 2 heterocycles. The van der Waals surface area contributed by atoms with E-state index in [1.165, 1.54) is 99.2 Å². The summed E-state index contributed by atoms with van der Waals surface area (Å²) in [6.45, 7) is 0. The Morgan fingerprint density at radius 1 is 0.177 bits per heavy atom. The zero-order valence-corrected chi connectivity index (χ0v) is 34.0. The van der Waals surface area contributed by atoms with Gasteiger partial charge in [-0.05, 0) is 128 Å². The van der Waals surface area contributed by atoms with Crippen molar-refractivity contribution in [3.8, 4) is 67.0 Å². The van der Waals surface area contributed by atoms with Gasteiger partial charge in [0.15, 0.2) is 0 Å². The number of benzene rings is 10. The van der Waals surface area contributed by atoms with Crippen molar-refractivity contribution in [2.75, 3.05) is 0 Å². The van der Waals surface area contributed by atoms with Crippen molar-refractivity contribution in [2.45, 2.75) is 0 Å². The van der Waals surface area contributed by atoms with Gasteiger partial charge in [-0.2, -0.15) is 0 Å². The van der Waals surface area contributed by atoms with Gasteiger partial charge >= 0.3 is 0 Å². The molecule has 0 saturated heterocycles. The van der Waals surface area contributed by atoms with Crippen LogP contribution < -0.4 is 0 Å². The summed E-state index contributed by atoms with van der Waals surface area (Å²) in [6, 6.07) is 88.6. The van der Waals surface area contributed by atoms with Gasteiger partial charge in [0, 0.05) is 32.9 Å². The van der Waals surface area contributed by atoms with Crippen LogP contribution in [0.4, 0.5) is 0 Å². The standard InChI is InChI=1S/C60H40N2/c1-5-15-41(16-6-1)44-25-27-45(28-26-44)49-35-50(48-31-34-58-54(40-48)53-23-13-14-24-57(53)61(58)51-21-11-4-12-22-51)37-52(36-49)62-59-32-29-46(42-17-7-2-8-18-42)38-55(59)56-39-47(30-33-60(56)62)43-19-9-3-10-20-43/h1-40H. The summed E-state index contributed by atoms with van der Waals surface area (Å²) < 4.78 is 4.86. The second-order valence-electron chi connectivity index (χ2n) is 16.2. The van der Waals surface area contributed by atoms with Crippen molar-refractivity contribution < 1.29 is 0 Å². The third-order valence-electron chi connectivity index (χ3n) is 12.5. The van der Waals surface area contributed by atoms with E-state index in [9.17, 15) is 0 Å². The number of aromatic nitrogens is 2. The molecule has 0 saturated carbocycles. The van der Waals surface area contributed by atoms with Crippen LogP contribution in [-0.2, 0) is 0 Å². The van der Waals surface area contributed by atoms with Gasteiger partial charge < -0.3 is 9.13 Å². The topological polar surface area (TPSA) is 9.86 Å². The van der Waals surface area contributed by atoms with Crippen molar-refractivity contribution in [3.05, 3.63) is 243 Å². The summed E-state index contributed by atoms with van der Waals surface area (Å²) in [5, 5.41) is 4.94. The van der Waals surface area contributed by atoms with Crippen LogP contribution in [0.25, 0.3) is 111 Å². The highest BCUT2D eigenvalue weighted by atomic mass is 15.0. The average Bonchev–Trinajstić information content (AvgIpc) is 3.87. The molecule has 0 unspecified atom stereocenters. The fourth-order valence-electron chi connectivity index (χ4n) is 9.49. The zero-order valence-electron chi connectivity index (χ0n) is 34.0. The van der Waals surface area contributed by atoms with E-state index >= 15 is 0 Å². The number of rotatable bonds is 7. The Morgan fingerprint density at radius 3 is 1.02 bits per heavy atom. The van der Waals surface area contributed by atoms with E-state index in [0.717, 1.165) is 11.4 Å². The minimum absolute atomic E-state index is 1.12. The van der Waals surface area contributed by atoms with Crippen LogP contribution in [0, 0.1) is 0 Å². The van der Waals surface area contributed by atoms with Gasteiger partial charge in [-0.3, -0.25) is 0 Å². The van der Waals surface area contributed by atoms with Crippen LogP contribution in [-0.4, -0.2) is 9.13 Å². The quantitative estimate of drug-likeness (QED) is 0.152. The smallest absolute Gasteiger partial charge is 0.0541 e. The molecular formula is C60H40N2. The van der Waals surface area contributed by atoms with E-state index in [1.54, 1.807) is 0 Å². The number of fused-ring (bicyclic) bond motifs is 6. The highest BCUT2D eigenvalue weighted by Gasteiger charge is 2.18. The van der Waals surface area contributed by atoms with E-state index in [-0.39, 0.29) is 0 Å². The Labute approximate surface area is 360 Å². The van der Waals surface area contributed by atoms with E-state index in [4.69, 9.17) is 0 Å². The second kappa shape index (κ2) is 14.8. The van der Waals surface area contributed by atoms with Gasteiger partial charge in [0.05, 0.1) is 22.1 Å². The fraction of sp³-hybridized carbons (Fsp3) is 0. The van der Waals surface area contributed by atoms with Crippen LogP contribution in [0.2, 0.25) is 0 Å². The summed E-state index contributed by atoms with van der Waals surface area (Å²) in [6.07, 6.45) is 0. The molecule has 0 aliphatic heterocycles. The lowest BCUT2D eigenvalue weighted by atomic mass is 9.95. The minimum Gasteiger partial charge on any atom is -0.309 e. The van der Waals surface area contributed by atoms with Crippen LogP contribution in [0.1, 0.15) is 0 Å². The maximum atomic E-state index is 2.47. The minimum atomic E-state index is 1.12. The van der Waals surface area contributed by atoms with E-state index < -0.39 is 0 Å². The normalized spacial score (nSPS) is 11.5. The first-order valence-corrected chi connectivity index (χ1v) is 21.3. The summed E-state index contributed by atoms with van der Waals surface area (Å²) in [5.74, 6) is 0. The van der Waals surface area contributed by atoms with Crippen molar-refractivity contribution in [3.63, 3.8) is 0 Å². The van der Waals surface area contributed by atoms with E-state index in [2.05, 4.69) is 252 Å². The predicted molar refractivity (Wildman–Crippen MR) is 262 cm³/mol. The molecule has 0 N–H and O–H groups in total. The lowest BCUT2D eigenvalue weighted by molar-refractivity contribution is 1.18. The molecule has 2 aromatic heterocycles. The number of nitrogens with zero attached hydrogens (tertiary/aromatic N) is 2. The molecule has 12 rings (SSSR count). The average molecular weight is 789 g/mol. The molecule has 0 amide bonds. The van der Waals surface area contributed by atoms with Gasteiger partial charge in [-0.25, -0.2) is 0 Å². The molecule has 0 radical (unpaired) electrons. The molecule has 62 heavy (non-hydrogen) atoms. The molecule has 12 aromatic rings. The van der Waals surface area contributed by atoms with Gasteiger partial charge in [0.2, 0.25) is 0 Å². The number of hydrogen-bond acceptors (Lipinski definition) is 0. The van der Waals surface area contributed by atoms with Crippen molar-refractivity contribution in [1.82, 2.24) is 9.13 Å². The molecule has 290 valence electrons. The lowest BCUT2D eigenvalue weighted by Crippen LogP contribution is -1.96. The summed E-state index contributed by atoms with van der Waals surface area (Å²) >= 11 is 0. The maximum Gasteiger partial charge on any atom is 0.0541 e. The Bertz CT molecular complexity index is 3480. The fourth-order valence-corrected chi connectivity index (χ4v) is 9.49. The van der Waals surface area contributed by atoms with Gasteiger partial charge in [-0.1, -0.05) is 170 Å². The Hall–Kier alpha value is -8.20. The van der Waals surface area contributed by atoms with Crippen molar-refractivity contribution >= 4 is 43.6 Å². The van der Waals surface area contributed by atoms with Crippen LogP contribution in [0.3, 0.4) is 0 Å². The highest BCUT2D eigenvalue weighted by molar-refractivity contribution is 6.13. The van der Waals surface area contributed by atoms with Crippen molar-refractivity contribution in [1.29, 1.82) is 0 Å². The Balaban J connectivity index is 1.10. The second-order valence-corrected chi connectivity index (χ2v) is 16.2. The zero-order chi connectivity index (χ0) is 41.0. The molecule has 0 spiro atoms. The summed E-state index contributed by atoms with van der Waals surface area (Å²) in [7, 11) is 0. The summed E-state index contributed by atoms with van der Waals surface area (Å²) in [5.41, 5.74) is 19.0.